The van der Waals surface area contributed by atoms with Gasteiger partial charge in [0.05, 0.1) is 5.56 Å². The van der Waals surface area contributed by atoms with Gasteiger partial charge in [0.2, 0.25) is 11.3 Å². The van der Waals surface area contributed by atoms with E-state index in [-0.39, 0.29) is 5.75 Å². The lowest BCUT2D eigenvalue weighted by atomic mass is 10.2. The van der Waals surface area contributed by atoms with Gasteiger partial charge in [0, 0.05) is 6.54 Å². The molecule has 0 unspecified atom stereocenters. The van der Waals surface area contributed by atoms with E-state index in [1.54, 1.807) is 24.4 Å². The molecule has 0 saturated carbocycles. The number of hydrazine groups is 1. The average Bonchev–Trinajstić information content (AvgIpc) is 2.21. The van der Waals surface area contributed by atoms with Crippen LogP contribution in [0.3, 0.4) is 0 Å². The predicted octanol–water partition coefficient (Wildman–Crippen LogP) is -0.709. The minimum atomic E-state index is 0.223. The summed E-state index contributed by atoms with van der Waals surface area (Å²) in [6.45, 7) is 2.73. The smallest absolute Gasteiger partial charge is 0.223 e. The van der Waals surface area contributed by atoms with Gasteiger partial charge in [0.15, 0.2) is 0 Å². The number of phenols is 1. The van der Waals surface area contributed by atoms with Gasteiger partial charge < -0.3 is 10.4 Å². The number of thiocarbonyl (C=S) groups is 1. The largest absolute Gasteiger partial charge is 0.507 e. The molecule has 0 bridgehead atoms. The zero-order valence-corrected chi connectivity index (χ0v) is 9.27. The van der Waals surface area contributed by atoms with E-state index in [4.69, 9.17) is 12.2 Å². The van der Waals surface area contributed by atoms with Crippen LogP contribution in [0, 0.1) is 0 Å². The van der Waals surface area contributed by atoms with E-state index in [1.165, 1.54) is 0 Å². The Bertz CT molecular complexity index is 365. The first kappa shape index (κ1) is 11.5. The van der Waals surface area contributed by atoms with Crippen molar-refractivity contribution in [3.05, 3.63) is 29.8 Å². The van der Waals surface area contributed by atoms with E-state index in [1.807, 2.05) is 13.0 Å². The molecule has 4 nitrogen and oxygen atoms in total. The van der Waals surface area contributed by atoms with Crippen molar-refractivity contribution in [2.45, 2.75) is 6.92 Å². The van der Waals surface area contributed by atoms with E-state index in [2.05, 4.69) is 15.8 Å². The molecule has 0 spiro atoms. The molecule has 0 aliphatic carbocycles. The molecule has 1 rings (SSSR count). The Morgan fingerprint density at radius 3 is 2.93 bits per heavy atom. The highest BCUT2D eigenvalue weighted by atomic mass is 32.1. The molecule has 0 aromatic heterocycles. The lowest BCUT2D eigenvalue weighted by Gasteiger charge is -1.98. The lowest BCUT2D eigenvalue weighted by molar-refractivity contribution is -0.500. The van der Waals surface area contributed by atoms with E-state index in [0.29, 0.717) is 10.7 Å². The number of phenolic OH excluding ortho intramolecular Hbond substituents is 1. The van der Waals surface area contributed by atoms with Gasteiger partial charge in [-0.15, -0.1) is 10.5 Å². The molecule has 0 amide bonds. The minimum absolute atomic E-state index is 0.223. The van der Waals surface area contributed by atoms with Crippen LogP contribution in [0.15, 0.2) is 24.3 Å². The van der Waals surface area contributed by atoms with Gasteiger partial charge >= 0.3 is 0 Å². The second-order valence-electron chi connectivity index (χ2n) is 2.83. The standard InChI is InChI=1S/C10H13N3OS/c1-2-11-10(15)13-12-7-8-5-3-4-6-9(8)14/h3-7,14H,2H2,1H3,(H2,11,13,15)/p+1. The first-order valence-corrected chi connectivity index (χ1v) is 5.05. The molecule has 0 fully saturated rings. The summed E-state index contributed by atoms with van der Waals surface area (Å²) in [5.74, 6) is 0.223. The third-order valence-corrected chi connectivity index (χ3v) is 1.93. The molecule has 80 valence electrons. The molecule has 0 aliphatic rings. The van der Waals surface area contributed by atoms with Crippen molar-refractivity contribution < 1.29 is 10.2 Å². The predicted molar refractivity (Wildman–Crippen MR) is 63.6 cm³/mol. The maximum atomic E-state index is 9.43. The molecule has 0 saturated heterocycles. The maximum absolute atomic E-state index is 9.43. The number of nitrogens with one attached hydrogen (secondary N) is 3. The Hall–Kier alpha value is -1.62. The average molecular weight is 224 g/mol. The van der Waals surface area contributed by atoms with Gasteiger partial charge in [-0.05, 0) is 31.3 Å². The highest BCUT2D eigenvalue weighted by molar-refractivity contribution is 7.80. The number of hydrogen-bond acceptors (Lipinski definition) is 2. The van der Waals surface area contributed by atoms with Gasteiger partial charge in [-0.2, -0.15) is 0 Å². The molecule has 15 heavy (non-hydrogen) atoms. The van der Waals surface area contributed by atoms with Crippen LogP contribution < -0.4 is 15.8 Å². The van der Waals surface area contributed by atoms with E-state index in [9.17, 15) is 5.11 Å². The van der Waals surface area contributed by atoms with Crippen molar-refractivity contribution in [2.75, 3.05) is 6.54 Å². The second-order valence-corrected chi connectivity index (χ2v) is 3.24. The number of aromatic hydroxyl groups is 1. The first-order valence-electron chi connectivity index (χ1n) is 4.64. The van der Waals surface area contributed by atoms with Gasteiger partial charge in [0.1, 0.15) is 5.75 Å². The molecule has 1 aromatic carbocycles. The first-order chi connectivity index (χ1) is 7.24. The van der Waals surface area contributed by atoms with Crippen molar-refractivity contribution in [1.82, 2.24) is 10.7 Å². The third kappa shape index (κ3) is 3.95. The zero-order chi connectivity index (χ0) is 11.1. The Labute approximate surface area is 94.0 Å². The van der Waals surface area contributed by atoms with Gasteiger partial charge in [-0.1, -0.05) is 12.1 Å². The fourth-order valence-electron chi connectivity index (χ4n) is 0.994. The van der Waals surface area contributed by atoms with Crippen molar-refractivity contribution in [1.29, 1.82) is 0 Å². The lowest BCUT2D eigenvalue weighted by Crippen LogP contribution is -2.82. The number of rotatable bonds is 3. The van der Waals surface area contributed by atoms with Crippen LogP contribution in [0.4, 0.5) is 0 Å². The SMILES string of the molecule is CCNC(=S)N[NH+]=Cc1ccccc1O. The normalized spacial score (nSPS) is 10.2. The summed E-state index contributed by atoms with van der Waals surface area (Å²) in [4.78, 5) is 0. The highest BCUT2D eigenvalue weighted by Crippen LogP contribution is 2.11. The molecule has 4 N–H and O–H groups in total. The van der Waals surface area contributed by atoms with Crippen LogP contribution >= 0.6 is 12.2 Å². The Kier molecular flexibility index (Phi) is 4.56. The van der Waals surface area contributed by atoms with Crippen molar-refractivity contribution >= 4 is 23.5 Å². The third-order valence-electron chi connectivity index (χ3n) is 1.69. The topological polar surface area (TPSA) is 58.3 Å². The molecule has 0 heterocycles. The quantitative estimate of drug-likeness (QED) is 0.311. The summed E-state index contributed by atoms with van der Waals surface area (Å²) >= 11 is 4.93. The Morgan fingerprint density at radius 1 is 1.53 bits per heavy atom. The van der Waals surface area contributed by atoms with Crippen LogP contribution in [0.25, 0.3) is 0 Å². The summed E-state index contributed by atoms with van der Waals surface area (Å²) in [5.41, 5.74) is 3.46. The number of hydrazone groups is 1. The fourth-order valence-corrected chi connectivity index (χ4v) is 1.20. The van der Waals surface area contributed by atoms with Gasteiger partial charge in [-0.3, -0.25) is 0 Å². The molecule has 1 aromatic rings. The fraction of sp³-hybridized carbons (Fsp3) is 0.200. The molecule has 0 radical (unpaired) electrons. The molecule has 0 aliphatic heterocycles. The van der Waals surface area contributed by atoms with Crippen LogP contribution in [-0.4, -0.2) is 23.0 Å². The molecule has 5 heteroatoms. The summed E-state index contributed by atoms with van der Waals surface area (Å²) < 4.78 is 0. The molecule has 0 atom stereocenters. The second kappa shape index (κ2) is 5.98. The van der Waals surface area contributed by atoms with Crippen LogP contribution in [0.5, 0.6) is 5.75 Å². The zero-order valence-electron chi connectivity index (χ0n) is 8.45. The monoisotopic (exact) mass is 224 g/mol. The van der Waals surface area contributed by atoms with E-state index < -0.39 is 0 Å². The number of para-hydroxylation sites is 1. The summed E-state index contributed by atoms with van der Waals surface area (Å²) in [6.07, 6.45) is 1.64. The van der Waals surface area contributed by atoms with Crippen molar-refractivity contribution in [3.63, 3.8) is 0 Å². The summed E-state index contributed by atoms with van der Waals surface area (Å²) in [7, 11) is 0. The maximum Gasteiger partial charge on any atom is 0.223 e. The number of benzene rings is 1. The van der Waals surface area contributed by atoms with Gasteiger partial charge in [0.25, 0.3) is 0 Å². The van der Waals surface area contributed by atoms with Crippen molar-refractivity contribution in [3.8, 4) is 5.75 Å². The number of hydrogen-bond donors (Lipinski definition) is 4. The van der Waals surface area contributed by atoms with Crippen LogP contribution in [0.2, 0.25) is 0 Å². The van der Waals surface area contributed by atoms with E-state index >= 15 is 0 Å². The van der Waals surface area contributed by atoms with E-state index in [0.717, 1.165) is 6.54 Å². The van der Waals surface area contributed by atoms with Crippen LogP contribution in [0.1, 0.15) is 12.5 Å². The summed E-state index contributed by atoms with van der Waals surface area (Å²) in [6, 6.07) is 7.02. The molecular weight excluding hydrogens is 210 g/mol. The minimum Gasteiger partial charge on any atom is -0.507 e. The Morgan fingerprint density at radius 2 is 2.27 bits per heavy atom. The van der Waals surface area contributed by atoms with Crippen molar-refractivity contribution in [2.24, 2.45) is 0 Å². The highest BCUT2D eigenvalue weighted by Gasteiger charge is 1.98. The molecular formula is C10H14N3OS+. The van der Waals surface area contributed by atoms with Crippen LogP contribution in [-0.2, 0) is 0 Å². The van der Waals surface area contributed by atoms with Gasteiger partial charge in [-0.25, -0.2) is 0 Å². The Balaban J connectivity index is 2.52. The summed E-state index contributed by atoms with van der Waals surface area (Å²) in [5, 5.41) is 15.7.